The maximum atomic E-state index is 14.1. The molecule has 0 atom stereocenters. The molecule has 0 N–H and O–H groups in total. The average Bonchev–Trinajstić information content (AvgIpc) is 2.58. The molecule has 118 valence electrons. The van der Waals surface area contributed by atoms with Gasteiger partial charge in [-0.3, -0.25) is 4.79 Å². The molecule has 0 aliphatic heterocycles. The molecule has 0 aliphatic rings. The third-order valence-electron chi connectivity index (χ3n) is 3.85. The molecule has 4 nitrogen and oxygen atoms in total. The highest BCUT2D eigenvalue weighted by molar-refractivity contribution is 5.96. The van der Waals surface area contributed by atoms with Crippen molar-refractivity contribution in [3.05, 3.63) is 58.8 Å². The first-order chi connectivity index (χ1) is 11.1. The van der Waals surface area contributed by atoms with Gasteiger partial charge in [0.25, 0.3) is 5.56 Å². The van der Waals surface area contributed by atoms with Crippen LogP contribution in [0, 0.1) is 5.82 Å². The maximum absolute atomic E-state index is 14.1. The quantitative estimate of drug-likeness (QED) is 0.744. The zero-order valence-corrected chi connectivity index (χ0v) is 13.1. The number of pyridine rings is 1. The minimum atomic E-state index is -0.548. The molecule has 1 heterocycles. The summed E-state index contributed by atoms with van der Waals surface area (Å²) in [4.78, 5) is 12.3. The predicted octanol–water partition coefficient (Wildman–Crippen LogP) is 3.36. The molecule has 0 fully saturated rings. The summed E-state index contributed by atoms with van der Waals surface area (Å²) < 4.78 is 25.8. The zero-order valence-electron chi connectivity index (χ0n) is 13.1. The summed E-state index contributed by atoms with van der Waals surface area (Å²) in [5.74, 6) is -0.359. The molecule has 1 aromatic heterocycles. The van der Waals surface area contributed by atoms with Crippen LogP contribution in [-0.2, 0) is 7.05 Å². The number of methoxy groups -OCH3 is 2. The van der Waals surface area contributed by atoms with E-state index in [9.17, 15) is 9.18 Å². The third kappa shape index (κ3) is 2.44. The van der Waals surface area contributed by atoms with E-state index in [0.717, 1.165) is 10.9 Å². The van der Waals surface area contributed by atoms with Crippen LogP contribution in [0.15, 0.2) is 47.4 Å². The van der Waals surface area contributed by atoms with Crippen LogP contribution in [0.25, 0.3) is 21.9 Å². The van der Waals surface area contributed by atoms with Crippen molar-refractivity contribution in [1.82, 2.24) is 4.57 Å². The standard InChI is InChI=1S/C18H16FNO3/c1-20-10-14(12-6-4-5-7-13(12)18(20)21)11-8-15(22-2)17(19)16(9-11)23-3/h4-10H,1-3H3. The second-order valence-corrected chi connectivity index (χ2v) is 5.20. The fraction of sp³-hybridized carbons (Fsp3) is 0.167. The van der Waals surface area contributed by atoms with Gasteiger partial charge in [0.2, 0.25) is 5.82 Å². The van der Waals surface area contributed by atoms with Crippen LogP contribution in [0.5, 0.6) is 11.5 Å². The van der Waals surface area contributed by atoms with Crippen molar-refractivity contribution in [1.29, 1.82) is 0 Å². The molecule has 0 bridgehead atoms. The van der Waals surface area contributed by atoms with Crippen molar-refractivity contribution < 1.29 is 13.9 Å². The number of hydrogen-bond donors (Lipinski definition) is 0. The summed E-state index contributed by atoms with van der Waals surface area (Å²) in [6, 6.07) is 10.5. The minimum Gasteiger partial charge on any atom is -0.494 e. The second kappa shape index (κ2) is 5.76. The Hall–Kier alpha value is -2.82. The average molecular weight is 313 g/mol. The molecule has 5 heteroatoms. The lowest BCUT2D eigenvalue weighted by molar-refractivity contribution is 0.351. The van der Waals surface area contributed by atoms with Gasteiger partial charge < -0.3 is 14.0 Å². The summed E-state index contributed by atoms with van der Waals surface area (Å²) in [6.45, 7) is 0. The number of halogens is 1. The number of ether oxygens (including phenoxy) is 2. The summed E-state index contributed by atoms with van der Waals surface area (Å²) in [5, 5.41) is 1.40. The Morgan fingerprint density at radius 1 is 1.00 bits per heavy atom. The van der Waals surface area contributed by atoms with Crippen LogP contribution < -0.4 is 15.0 Å². The molecule has 0 spiro atoms. The Morgan fingerprint density at radius 3 is 2.13 bits per heavy atom. The number of fused-ring (bicyclic) bond motifs is 1. The largest absolute Gasteiger partial charge is 0.494 e. The number of nitrogens with zero attached hydrogens (tertiary/aromatic N) is 1. The van der Waals surface area contributed by atoms with Gasteiger partial charge in [0, 0.05) is 24.2 Å². The molecule has 3 aromatic rings. The number of hydrogen-bond acceptors (Lipinski definition) is 3. The van der Waals surface area contributed by atoms with Crippen LogP contribution in [0.2, 0.25) is 0 Å². The van der Waals surface area contributed by atoms with Gasteiger partial charge >= 0.3 is 0 Å². The topological polar surface area (TPSA) is 40.5 Å². The molecule has 23 heavy (non-hydrogen) atoms. The fourth-order valence-corrected chi connectivity index (χ4v) is 2.67. The van der Waals surface area contributed by atoms with Gasteiger partial charge in [-0.1, -0.05) is 18.2 Å². The highest BCUT2D eigenvalue weighted by Crippen LogP contribution is 2.35. The van der Waals surface area contributed by atoms with E-state index >= 15 is 0 Å². The van der Waals surface area contributed by atoms with Crippen molar-refractivity contribution in [3.63, 3.8) is 0 Å². The van der Waals surface area contributed by atoms with E-state index in [-0.39, 0.29) is 17.1 Å². The van der Waals surface area contributed by atoms with Gasteiger partial charge in [0.15, 0.2) is 11.5 Å². The van der Waals surface area contributed by atoms with E-state index in [1.165, 1.54) is 18.8 Å². The van der Waals surface area contributed by atoms with E-state index in [4.69, 9.17) is 9.47 Å². The summed E-state index contributed by atoms with van der Waals surface area (Å²) >= 11 is 0. The van der Waals surface area contributed by atoms with Gasteiger partial charge in [0.05, 0.1) is 14.2 Å². The molecule has 2 aromatic carbocycles. The Bertz CT molecular complexity index is 922. The first-order valence-corrected chi connectivity index (χ1v) is 7.07. The van der Waals surface area contributed by atoms with Crippen LogP contribution in [0.3, 0.4) is 0 Å². The maximum Gasteiger partial charge on any atom is 0.258 e. The number of benzene rings is 2. The third-order valence-corrected chi connectivity index (χ3v) is 3.85. The molecule has 3 rings (SSSR count). The van der Waals surface area contributed by atoms with E-state index in [0.29, 0.717) is 10.9 Å². The molecular formula is C18H16FNO3. The number of rotatable bonds is 3. The SMILES string of the molecule is COc1cc(-c2cn(C)c(=O)c3ccccc23)cc(OC)c1F. The fourth-order valence-electron chi connectivity index (χ4n) is 2.67. The Labute approximate surface area is 132 Å². The van der Waals surface area contributed by atoms with Crippen LogP contribution in [0.4, 0.5) is 4.39 Å². The second-order valence-electron chi connectivity index (χ2n) is 5.20. The van der Waals surface area contributed by atoms with Crippen molar-refractivity contribution in [3.8, 4) is 22.6 Å². The lowest BCUT2D eigenvalue weighted by Gasteiger charge is -2.13. The molecule has 0 amide bonds. The molecule has 0 radical (unpaired) electrons. The van der Waals surface area contributed by atoms with Crippen molar-refractivity contribution >= 4 is 10.8 Å². The minimum absolute atomic E-state index is 0.0783. The van der Waals surface area contributed by atoms with Crippen molar-refractivity contribution in [2.75, 3.05) is 14.2 Å². The smallest absolute Gasteiger partial charge is 0.258 e. The van der Waals surface area contributed by atoms with Crippen LogP contribution in [-0.4, -0.2) is 18.8 Å². The summed E-state index contributed by atoms with van der Waals surface area (Å²) in [6.07, 6.45) is 1.73. The van der Waals surface area contributed by atoms with Crippen LogP contribution in [0.1, 0.15) is 0 Å². The van der Waals surface area contributed by atoms with E-state index in [1.807, 2.05) is 18.2 Å². The zero-order chi connectivity index (χ0) is 16.6. The Balaban J connectivity index is 2.38. The Morgan fingerprint density at radius 2 is 1.57 bits per heavy atom. The molecular weight excluding hydrogens is 297 g/mol. The van der Waals surface area contributed by atoms with Gasteiger partial charge in [0.1, 0.15) is 0 Å². The van der Waals surface area contributed by atoms with Crippen LogP contribution >= 0.6 is 0 Å². The van der Waals surface area contributed by atoms with E-state index < -0.39 is 5.82 Å². The first-order valence-electron chi connectivity index (χ1n) is 7.07. The molecule has 0 aliphatic carbocycles. The van der Waals surface area contributed by atoms with Gasteiger partial charge in [-0.2, -0.15) is 4.39 Å². The summed E-state index contributed by atoms with van der Waals surface area (Å²) in [5.41, 5.74) is 1.44. The number of aromatic nitrogens is 1. The highest BCUT2D eigenvalue weighted by Gasteiger charge is 2.15. The predicted molar refractivity (Wildman–Crippen MR) is 87.7 cm³/mol. The highest BCUT2D eigenvalue weighted by atomic mass is 19.1. The lowest BCUT2D eigenvalue weighted by atomic mass is 10.00. The Kier molecular flexibility index (Phi) is 3.78. The number of aryl methyl sites for hydroxylation is 1. The van der Waals surface area contributed by atoms with E-state index in [1.54, 1.807) is 31.4 Å². The lowest BCUT2D eigenvalue weighted by Crippen LogP contribution is -2.16. The van der Waals surface area contributed by atoms with Crippen molar-refractivity contribution in [2.45, 2.75) is 0 Å². The van der Waals surface area contributed by atoms with Gasteiger partial charge in [-0.25, -0.2) is 0 Å². The summed E-state index contributed by atoms with van der Waals surface area (Å²) in [7, 11) is 4.50. The molecule has 0 saturated heterocycles. The monoisotopic (exact) mass is 313 g/mol. The van der Waals surface area contributed by atoms with Gasteiger partial charge in [-0.15, -0.1) is 0 Å². The van der Waals surface area contributed by atoms with E-state index in [2.05, 4.69) is 0 Å². The molecule has 0 saturated carbocycles. The normalized spacial score (nSPS) is 10.8. The first kappa shape index (κ1) is 15.1. The molecule has 0 unspecified atom stereocenters. The van der Waals surface area contributed by atoms with Crippen molar-refractivity contribution in [2.24, 2.45) is 7.05 Å². The van der Waals surface area contributed by atoms with Gasteiger partial charge in [-0.05, 0) is 29.1 Å².